The molecule has 0 radical (unpaired) electrons. The Labute approximate surface area is 178 Å². The average molecular weight is 429 g/mol. The molecule has 150 valence electrons. The van der Waals surface area contributed by atoms with Gasteiger partial charge in [0.05, 0.1) is 24.6 Å². The Morgan fingerprint density at radius 3 is 2.59 bits per heavy atom. The van der Waals surface area contributed by atoms with Crippen molar-refractivity contribution >= 4 is 46.3 Å². The molecule has 1 unspecified atom stereocenters. The van der Waals surface area contributed by atoms with E-state index in [1.165, 1.54) is 7.11 Å². The Kier molecular flexibility index (Phi) is 6.56. The summed E-state index contributed by atoms with van der Waals surface area (Å²) >= 11 is 6.35. The first-order valence-corrected chi connectivity index (χ1v) is 10.0. The Morgan fingerprint density at radius 2 is 1.97 bits per heavy atom. The molecule has 6 nitrogen and oxygen atoms in total. The summed E-state index contributed by atoms with van der Waals surface area (Å²) in [5.74, 6) is -0.740. The number of aliphatic carboxylic acids is 1. The fourth-order valence-corrected chi connectivity index (χ4v) is 4.24. The lowest BCUT2D eigenvalue weighted by Crippen LogP contribution is -2.43. The van der Waals surface area contributed by atoms with Crippen LogP contribution in [0.15, 0.2) is 53.4 Å². The molecule has 3 rings (SSSR count). The third kappa shape index (κ3) is 4.44. The molecule has 1 aliphatic rings. The second kappa shape index (κ2) is 9.11. The van der Waals surface area contributed by atoms with Crippen LogP contribution in [0.4, 0.5) is 0 Å². The van der Waals surface area contributed by atoms with E-state index in [1.807, 2.05) is 6.92 Å². The van der Waals surface area contributed by atoms with E-state index in [9.17, 15) is 14.7 Å². The van der Waals surface area contributed by atoms with Crippen LogP contribution in [-0.2, 0) is 9.59 Å². The molecule has 0 aromatic heterocycles. The summed E-state index contributed by atoms with van der Waals surface area (Å²) in [5, 5.41) is 11.8. The van der Waals surface area contributed by atoms with Crippen molar-refractivity contribution in [2.45, 2.75) is 13.0 Å². The minimum Gasteiger partial charge on any atom is -0.547 e. The minimum atomic E-state index is -1.39. The van der Waals surface area contributed by atoms with Crippen LogP contribution in [0.3, 0.4) is 0 Å². The van der Waals surface area contributed by atoms with Crippen LogP contribution >= 0.6 is 24.0 Å². The number of carboxylic acids is 1. The van der Waals surface area contributed by atoms with Gasteiger partial charge in [0, 0.05) is 0 Å². The average Bonchev–Trinajstić information content (AvgIpc) is 2.98. The second-order valence-electron chi connectivity index (χ2n) is 6.03. The molecule has 0 N–H and O–H groups in total. The van der Waals surface area contributed by atoms with Gasteiger partial charge >= 0.3 is 0 Å². The monoisotopic (exact) mass is 428 g/mol. The zero-order chi connectivity index (χ0) is 21.0. The highest BCUT2D eigenvalue weighted by Crippen LogP contribution is 2.39. The van der Waals surface area contributed by atoms with Crippen LogP contribution in [0.25, 0.3) is 6.08 Å². The van der Waals surface area contributed by atoms with E-state index in [-0.39, 0.29) is 4.32 Å². The van der Waals surface area contributed by atoms with Gasteiger partial charge in [0.1, 0.15) is 10.4 Å². The molecule has 1 fully saturated rings. The second-order valence-corrected chi connectivity index (χ2v) is 7.70. The Bertz CT molecular complexity index is 974. The lowest BCUT2D eigenvalue weighted by atomic mass is 10.1. The highest BCUT2D eigenvalue weighted by molar-refractivity contribution is 8.26. The highest BCUT2D eigenvalue weighted by Gasteiger charge is 2.38. The normalized spacial score (nSPS) is 16.2. The summed E-state index contributed by atoms with van der Waals surface area (Å²) in [7, 11) is 1.53. The first-order chi connectivity index (χ1) is 14.0. The van der Waals surface area contributed by atoms with Gasteiger partial charge in [-0.25, -0.2) is 0 Å². The number of amides is 1. The fourth-order valence-electron chi connectivity index (χ4n) is 2.93. The molecule has 29 heavy (non-hydrogen) atoms. The fraction of sp³-hybridized carbons (Fsp3) is 0.190. The molecule has 1 amide bonds. The molecular formula is C21H18NO5S2-. The Balaban J connectivity index is 1.93. The van der Waals surface area contributed by atoms with E-state index in [0.29, 0.717) is 34.1 Å². The van der Waals surface area contributed by atoms with Gasteiger partial charge in [-0.05, 0) is 36.3 Å². The largest absolute Gasteiger partial charge is 0.547 e. The standard InChI is InChI=1S/C21H19NO5S2/c1-3-27-15-10-9-13(11-16(15)26-2)12-17-19(23)22(21(28)29-17)18(20(24)25)14-7-5-4-6-8-14/h4-12,18H,3H2,1-2H3,(H,24,25)/p-1. The van der Waals surface area contributed by atoms with Crippen molar-refractivity contribution in [1.29, 1.82) is 0 Å². The summed E-state index contributed by atoms with van der Waals surface area (Å²) in [6, 6.07) is 12.4. The number of carbonyl (C=O) groups is 2. The number of hydrogen-bond donors (Lipinski definition) is 0. The van der Waals surface area contributed by atoms with Gasteiger partial charge in [-0.2, -0.15) is 0 Å². The molecule has 0 saturated carbocycles. The van der Waals surface area contributed by atoms with Crippen molar-refractivity contribution < 1.29 is 24.2 Å². The van der Waals surface area contributed by atoms with Gasteiger partial charge in [-0.15, -0.1) is 0 Å². The molecule has 0 bridgehead atoms. The highest BCUT2D eigenvalue weighted by atomic mass is 32.2. The summed E-state index contributed by atoms with van der Waals surface area (Å²) in [6.07, 6.45) is 1.65. The third-order valence-electron chi connectivity index (χ3n) is 4.21. The number of carboxylic acid groups (broad SMARTS) is 1. The SMILES string of the molecule is CCOc1ccc(C=C2SC(=S)N(C(C(=O)[O-])c3ccccc3)C2=O)cc1OC. The zero-order valence-electron chi connectivity index (χ0n) is 15.8. The van der Waals surface area contributed by atoms with Crippen molar-refractivity contribution in [3.63, 3.8) is 0 Å². The number of methoxy groups -OCH3 is 1. The van der Waals surface area contributed by atoms with Gasteiger partial charge < -0.3 is 19.4 Å². The number of nitrogens with zero attached hydrogens (tertiary/aromatic N) is 1. The van der Waals surface area contributed by atoms with Gasteiger partial charge in [-0.3, -0.25) is 9.69 Å². The van der Waals surface area contributed by atoms with Crippen molar-refractivity contribution in [2.75, 3.05) is 13.7 Å². The topological polar surface area (TPSA) is 78.9 Å². The van der Waals surface area contributed by atoms with Gasteiger partial charge in [0.15, 0.2) is 11.5 Å². The first kappa shape index (κ1) is 20.9. The molecular weight excluding hydrogens is 410 g/mol. The lowest BCUT2D eigenvalue weighted by molar-refractivity contribution is -0.310. The van der Waals surface area contributed by atoms with Crippen LogP contribution in [0.5, 0.6) is 11.5 Å². The van der Waals surface area contributed by atoms with E-state index >= 15 is 0 Å². The van der Waals surface area contributed by atoms with Gasteiger partial charge in [-0.1, -0.05) is 60.4 Å². The van der Waals surface area contributed by atoms with Crippen molar-refractivity contribution in [3.8, 4) is 11.5 Å². The van der Waals surface area contributed by atoms with E-state index in [0.717, 1.165) is 16.7 Å². The zero-order valence-corrected chi connectivity index (χ0v) is 17.4. The van der Waals surface area contributed by atoms with Crippen LogP contribution in [0.1, 0.15) is 24.1 Å². The summed E-state index contributed by atoms with van der Waals surface area (Å²) < 4.78 is 11.0. The number of rotatable bonds is 7. The lowest BCUT2D eigenvalue weighted by Gasteiger charge is -2.27. The number of hydrogen-bond acceptors (Lipinski definition) is 7. The van der Waals surface area contributed by atoms with Crippen LogP contribution in [-0.4, -0.2) is 34.8 Å². The van der Waals surface area contributed by atoms with E-state index in [4.69, 9.17) is 21.7 Å². The van der Waals surface area contributed by atoms with E-state index < -0.39 is 17.9 Å². The maximum Gasteiger partial charge on any atom is 0.267 e. The van der Waals surface area contributed by atoms with Crippen molar-refractivity contribution in [1.82, 2.24) is 4.90 Å². The summed E-state index contributed by atoms with van der Waals surface area (Å²) in [6.45, 7) is 2.37. The predicted molar refractivity (Wildman–Crippen MR) is 113 cm³/mol. The maximum absolute atomic E-state index is 13.0. The summed E-state index contributed by atoms with van der Waals surface area (Å²) in [4.78, 5) is 26.2. The van der Waals surface area contributed by atoms with Crippen LogP contribution in [0, 0.1) is 0 Å². The molecule has 1 aliphatic heterocycles. The smallest absolute Gasteiger partial charge is 0.267 e. The number of carbonyl (C=O) groups excluding carboxylic acids is 2. The quantitative estimate of drug-likeness (QED) is 0.496. The molecule has 1 atom stereocenters. The summed E-state index contributed by atoms with van der Waals surface area (Å²) in [5.41, 5.74) is 1.13. The molecule has 2 aromatic carbocycles. The molecule has 8 heteroatoms. The van der Waals surface area contributed by atoms with Crippen molar-refractivity contribution in [2.24, 2.45) is 0 Å². The van der Waals surface area contributed by atoms with E-state index in [1.54, 1.807) is 54.6 Å². The van der Waals surface area contributed by atoms with Gasteiger partial charge in [0.25, 0.3) is 5.91 Å². The Morgan fingerprint density at radius 1 is 1.24 bits per heavy atom. The first-order valence-electron chi connectivity index (χ1n) is 8.80. The maximum atomic E-state index is 13.0. The van der Waals surface area contributed by atoms with Crippen LogP contribution in [0.2, 0.25) is 0 Å². The Hall–Kier alpha value is -2.84. The number of benzene rings is 2. The molecule has 1 heterocycles. The van der Waals surface area contributed by atoms with Gasteiger partial charge in [0.2, 0.25) is 0 Å². The minimum absolute atomic E-state index is 0.164. The third-order valence-corrected chi connectivity index (χ3v) is 5.54. The molecule has 2 aromatic rings. The number of thioether (sulfide) groups is 1. The number of ether oxygens (including phenoxy) is 2. The molecule has 1 saturated heterocycles. The van der Waals surface area contributed by atoms with Crippen molar-refractivity contribution in [3.05, 3.63) is 64.6 Å². The van der Waals surface area contributed by atoms with Crippen LogP contribution < -0.4 is 14.6 Å². The van der Waals surface area contributed by atoms with E-state index in [2.05, 4.69) is 0 Å². The molecule has 0 aliphatic carbocycles. The molecule has 0 spiro atoms. The predicted octanol–water partition coefficient (Wildman–Crippen LogP) is 2.79. The number of thiocarbonyl (C=S) groups is 1.